The summed E-state index contributed by atoms with van der Waals surface area (Å²) >= 11 is 3.44. The molecule has 2 aromatic carbocycles. The fourth-order valence-electron chi connectivity index (χ4n) is 1.80. The minimum absolute atomic E-state index is 0.0115. The number of hydrogen-bond acceptors (Lipinski definition) is 3. The van der Waals surface area contributed by atoms with Crippen LogP contribution in [0.3, 0.4) is 0 Å². The quantitative estimate of drug-likeness (QED) is 0.930. The zero-order valence-corrected chi connectivity index (χ0v) is 12.1. The van der Waals surface area contributed by atoms with Crippen LogP contribution in [-0.2, 0) is 0 Å². The lowest BCUT2D eigenvalue weighted by atomic mass is 10.1. The third-order valence-electron chi connectivity index (χ3n) is 2.81. The summed E-state index contributed by atoms with van der Waals surface area (Å²) < 4.78 is 20.1. The first-order chi connectivity index (χ1) is 9.65. The fourth-order valence-corrected chi connectivity index (χ4v) is 2.34. The van der Waals surface area contributed by atoms with Crippen molar-refractivity contribution in [3.05, 3.63) is 63.9 Å². The molecular weight excluding hydrogens is 323 g/mol. The lowest BCUT2D eigenvalue weighted by molar-refractivity contribution is 0.212. The predicted molar refractivity (Wildman–Crippen MR) is 77.7 cm³/mol. The highest BCUT2D eigenvalue weighted by molar-refractivity contribution is 9.10. The average Bonchev–Trinajstić information content (AvgIpc) is 2.46. The Morgan fingerprint density at radius 2 is 2.05 bits per heavy atom. The Kier molecular flexibility index (Phi) is 4.72. The van der Waals surface area contributed by atoms with Gasteiger partial charge in [-0.05, 0) is 18.2 Å². The van der Waals surface area contributed by atoms with E-state index in [1.54, 1.807) is 12.1 Å². The van der Waals surface area contributed by atoms with E-state index in [-0.39, 0.29) is 12.1 Å². The first-order valence-corrected chi connectivity index (χ1v) is 6.75. The van der Waals surface area contributed by atoms with Gasteiger partial charge >= 0.3 is 0 Å². The number of nitriles is 1. The number of halogens is 2. The van der Waals surface area contributed by atoms with Crippen molar-refractivity contribution < 1.29 is 9.13 Å². The van der Waals surface area contributed by atoms with E-state index in [0.717, 1.165) is 10.0 Å². The van der Waals surface area contributed by atoms with E-state index >= 15 is 0 Å². The van der Waals surface area contributed by atoms with Crippen LogP contribution in [-0.4, -0.2) is 6.54 Å². The van der Waals surface area contributed by atoms with E-state index in [1.165, 1.54) is 12.1 Å². The monoisotopic (exact) mass is 334 g/mol. The second kappa shape index (κ2) is 6.51. The minimum Gasteiger partial charge on any atom is -0.484 e. The number of nitrogens with two attached hydrogens (primary N) is 1. The SMILES string of the molecule is N#Cc1ccc(OC(CN)c2ccccc2Br)cc1F. The third-order valence-corrected chi connectivity index (χ3v) is 3.53. The van der Waals surface area contributed by atoms with E-state index in [2.05, 4.69) is 15.9 Å². The molecule has 0 radical (unpaired) electrons. The molecule has 0 aliphatic rings. The van der Waals surface area contributed by atoms with Crippen molar-refractivity contribution in [3.63, 3.8) is 0 Å². The van der Waals surface area contributed by atoms with Gasteiger partial charge < -0.3 is 10.5 Å². The summed E-state index contributed by atoms with van der Waals surface area (Å²) in [6.07, 6.45) is -0.391. The number of benzene rings is 2. The Balaban J connectivity index is 2.25. The van der Waals surface area contributed by atoms with Gasteiger partial charge in [-0.25, -0.2) is 4.39 Å². The van der Waals surface area contributed by atoms with Crippen molar-refractivity contribution in [1.82, 2.24) is 0 Å². The summed E-state index contributed by atoms with van der Waals surface area (Å²) in [5, 5.41) is 8.69. The summed E-state index contributed by atoms with van der Waals surface area (Å²) in [5.41, 5.74) is 6.60. The molecule has 0 aliphatic carbocycles. The van der Waals surface area contributed by atoms with Gasteiger partial charge in [0.2, 0.25) is 0 Å². The first-order valence-electron chi connectivity index (χ1n) is 5.96. The molecule has 2 aromatic rings. The molecule has 2 N–H and O–H groups in total. The highest BCUT2D eigenvalue weighted by Gasteiger charge is 2.15. The molecule has 0 aliphatic heterocycles. The van der Waals surface area contributed by atoms with Gasteiger partial charge in [-0.1, -0.05) is 34.1 Å². The first kappa shape index (κ1) is 14.5. The van der Waals surface area contributed by atoms with Crippen LogP contribution in [0.15, 0.2) is 46.9 Å². The van der Waals surface area contributed by atoms with Crippen LogP contribution in [0.25, 0.3) is 0 Å². The lowest BCUT2D eigenvalue weighted by Crippen LogP contribution is -2.19. The van der Waals surface area contributed by atoms with E-state index in [4.69, 9.17) is 15.7 Å². The molecule has 102 valence electrons. The lowest BCUT2D eigenvalue weighted by Gasteiger charge is -2.19. The maximum absolute atomic E-state index is 13.5. The number of rotatable bonds is 4. The van der Waals surface area contributed by atoms with Crippen LogP contribution in [0.4, 0.5) is 4.39 Å². The Hall–Kier alpha value is -1.90. The average molecular weight is 335 g/mol. The molecule has 0 bridgehead atoms. The van der Waals surface area contributed by atoms with Crippen molar-refractivity contribution in [1.29, 1.82) is 5.26 Å². The van der Waals surface area contributed by atoms with E-state index < -0.39 is 11.9 Å². The molecule has 3 nitrogen and oxygen atoms in total. The standard InChI is InChI=1S/C15H12BrFN2O/c16-13-4-2-1-3-12(13)15(9-19)20-11-6-5-10(8-18)14(17)7-11/h1-7,15H,9,19H2. The number of hydrogen-bond donors (Lipinski definition) is 1. The highest BCUT2D eigenvalue weighted by Crippen LogP contribution is 2.28. The molecular formula is C15H12BrFN2O. The van der Waals surface area contributed by atoms with Crippen LogP contribution < -0.4 is 10.5 Å². The van der Waals surface area contributed by atoms with Crippen molar-refractivity contribution in [3.8, 4) is 11.8 Å². The second-order valence-electron chi connectivity index (χ2n) is 4.12. The fraction of sp³-hybridized carbons (Fsp3) is 0.133. The van der Waals surface area contributed by atoms with E-state index in [0.29, 0.717) is 5.75 Å². The molecule has 20 heavy (non-hydrogen) atoms. The minimum atomic E-state index is -0.604. The molecule has 0 spiro atoms. The second-order valence-corrected chi connectivity index (χ2v) is 4.97. The largest absolute Gasteiger partial charge is 0.484 e. The zero-order valence-electron chi connectivity index (χ0n) is 10.5. The number of ether oxygens (including phenoxy) is 1. The smallest absolute Gasteiger partial charge is 0.144 e. The molecule has 0 saturated carbocycles. The molecule has 1 atom stereocenters. The van der Waals surface area contributed by atoms with Gasteiger partial charge in [-0.15, -0.1) is 0 Å². The summed E-state index contributed by atoms with van der Waals surface area (Å²) in [6, 6.07) is 13.5. The third kappa shape index (κ3) is 3.16. The summed E-state index contributed by atoms with van der Waals surface area (Å²) in [7, 11) is 0. The molecule has 0 saturated heterocycles. The summed E-state index contributed by atoms with van der Waals surface area (Å²) in [6.45, 7) is 0.254. The molecule has 0 fully saturated rings. The maximum Gasteiger partial charge on any atom is 0.144 e. The summed E-state index contributed by atoms with van der Waals surface area (Å²) in [4.78, 5) is 0. The topological polar surface area (TPSA) is 59.0 Å². The van der Waals surface area contributed by atoms with Crippen LogP contribution in [0, 0.1) is 17.1 Å². The zero-order chi connectivity index (χ0) is 14.5. The molecule has 0 heterocycles. The normalized spacial score (nSPS) is 11.7. The van der Waals surface area contributed by atoms with Gasteiger partial charge in [-0.2, -0.15) is 5.26 Å². The van der Waals surface area contributed by atoms with Crippen LogP contribution in [0.5, 0.6) is 5.75 Å². The van der Waals surface area contributed by atoms with Gasteiger partial charge in [0.25, 0.3) is 0 Å². The van der Waals surface area contributed by atoms with Crippen molar-refractivity contribution in [2.45, 2.75) is 6.10 Å². The molecule has 5 heteroatoms. The van der Waals surface area contributed by atoms with Gasteiger partial charge in [0.05, 0.1) is 5.56 Å². The highest BCUT2D eigenvalue weighted by atomic mass is 79.9. The van der Waals surface area contributed by atoms with Crippen LogP contribution >= 0.6 is 15.9 Å². The number of nitrogens with zero attached hydrogens (tertiary/aromatic N) is 1. The molecule has 2 rings (SSSR count). The predicted octanol–water partition coefficient (Wildman–Crippen LogP) is 3.54. The van der Waals surface area contributed by atoms with Crippen molar-refractivity contribution in [2.24, 2.45) is 5.73 Å². The van der Waals surface area contributed by atoms with Crippen LogP contribution in [0.1, 0.15) is 17.2 Å². The van der Waals surface area contributed by atoms with Gasteiger partial charge in [0.1, 0.15) is 23.7 Å². The maximum atomic E-state index is 13.5. The van der Waals surface area contributed by atoms with E-state index in [9.17, 15) is 4.39 Å². The Morgan fingerprint density at radius 1 is 1.30 bits per heavy atom. The van der Waals surface area contributed by atoms with Crippen LogP contribution in [0.2, 0.25) is 0 Å². The van der Waals surface area contributed by atoms with Gasteiger partial charge in [0.15, 0.2) is 0 Å². The van der Waals surface area contributed by atoms with Gasteiger partial charge in [-0.3, -0.25) is 0 Å². The van der Waals surface area contributed by atoms with E-state index in [1.807, 2.05) is 24.3 Å². The molecule has 1 unspecified atom stereocenters. The Labute approximate surface area is 124 Å². The molecule has 0 aromatic heterocycles. The Bertz CT molecular complexity index is 655. The molecule has 0 amide bonds. The Morgan fingerprint density at radius 3 is 2.65 bits per heavy atom. The van der Waals surface area contributed by atoms with Crippen molar-refractivity contribution in [2.75, 3.05) is 6.54 Å². The van der Waals surface area contributed by atoms with Gasteiger partial charge in [0, 0.05) is 22.6 Å². The van der Waals surface area contributed by atoms with Crippen molar-refractivity contribution >= 4 is 15.9 Å². The summed E-state index contributed by atoms with van der Waals surface area (Å²) in [5.74, 6) is -0.263.